The van der Waals surface area contributed by atoms with Crippen molar-refractivity contribution in [3.63, 3.8) is 0 Å². The quantitative estimate of drug-likeness (QED) is 0.735. The van der Waals surface area contributed by atoms with Crippen LogP contribution in [0.5, 0.6) is 11.5 Å². The Morgan fingerprint density at radius 1 is 0.967 bits per heavy atom. The molecule has 2 aromatic carbocycles. The van der Waals surface area contributed by atoms with Gasteiger partial charge in [0, 0.05) is 31.2 Å². The molecule has 2 N–H and O–H groups in total. The van der Waals surface area contributed by atoms with E-state index in [4.69, 9.17) is 9.47 Å². The molecular weight excluding hydrogens is 382 g/mol. The van der Waals surface area contributed by atoms with Crippen LogP contribution in [-0.4, -0.2) is 49.2 Å². The molecule has 1 fully saturated rings. The molecule has 0 spiro atoms. The van der Waals surface area contributed by atoms with Crippen molar-refractivity contribution in [2.75, 3.05) is 31.7 Å². The Morgan fingerprint density at radius 3 is 2.53 bits per heavy atom. The number of nitrogens with one attached hydrogen (secondary N) is 2. The molecule has 0 unspecified atom stereocenters. The average molecular weight is 409 g/mol. The standard InChI is InChI=1S/C23H27N3O4/c27-22(9-7-17-6-8-20-21(14-17)30-16-29-20)24-19-10-12-26(13-11-19)15-23(28)25-18-4-2-1-3-5-18/h1-6,8,14,19H,7,9-13,15-16H2,(H,24,27)(H,25,28). The van der Waals surface area contributed by atoms with E-state index < -0.39 is 0 Å². The lowest BCUT2D eigenvalue weighted by molar-refractivity contribution is -0.122. The fraction of sp³-hybridized carbons (Fsp3) is 0.391. The van der Waals surface area contributed by atoms with Gasteiger partial charge in [-0.2, -0.15) is 0 Å². The number of aryl methyl sites for hydroxylation is 1. The molecule has 30 heavy (non-hydrogen) atoms. The Balaban J connectivity index is 1.15. The summed E-state index contributed by atoms with van der Waals surface area (Å²) in [6.45, 7) is 2.23. The lowest BCUT2D eigenvalue weighted by atomic mass is 10.0. The number of carbonyl (C=O) groups is 2. The third-order valence-corrected chi connectivity index (χ3v) is 5.46. The van der Waals surface area contributed by atoms with Crippen LogP contribution in [0, 0.1) is 0 Å². The lowest BCUT2D eigenvalue weighted by Crippen LogP contribution is -2.46. The minimum atomic E-state index is -0.00703. The van der Waals surface area contributed by atoms with Gasteiger partial charge in [-0.1, -0.05) is 24.3 Å². The topological polar surface area (TPSA) is 79.9 Å². The van der Waals surface area contributed by atoms with Crippen molar-refractivity contribution in [3.05, 3.63) is 54.1 Å². The van der Waals surface area contributed by atoms with Gasteiger partial charge >= 0.3 is 0 Å². The molecule has 2 aromatic rings. The van der Waals surface area contributed by atoms with E-state index in [9.17, 15) is 9.59 Å². The maximum absolute atomic E-state index is 12.3. The third kappa shape index (κ3) is 5.51. The monoisotopic (exact) mass is 409 g/mol. The van der Waals surface area contributed by atoms with Gasteiger partial charge in [-0.25, -0.2) is 0 Å². The zero-order valence-corrected chi connectivity index (χ0v) is 16.9. The first-order chi connectivity index (χ1) is 14.7. The van der Waals surface area contributed by atoms with E-state index in [1.165, 1.54) is 0 Å². The molecule has 2 aliphatic rings. The number of para-hydroxylation sites is 1. The predicted molar refractivity (Wildman–Crippen MR) is 114 cm³/mol. The van der Waals surface area contributed by atoms with E-state index in [-0.39, 0.29) is 24.6 Å². The molecular formula is C23H27N3O4. The van der Waals surface area contributed by atoms with Crippen molar-refractivity contribution in [2.45, 2.75) is 31.7 Å². The number of amides is 2. The van der Waals surface area contributed by atoms with E-state index in [0.29, 0.717) is 19.4 Å². The summed E-state index contributed by atoms with van der Waals surface area (Å²) in [4.78, 5) is 26.7. The Labute approximate surface area is 176 Å². The molecule has 0 radical (unpaired) electrons. The first kappa shape index (κ1) is 20.2. The van der Waals surface area contributed by atoms with Crippen molar-refractivity contribution in [1.29, 1.82) is 0 Å². The molecule has 0 saturated carbocycles. The van der Waals surface area contributed by atoms with Crippen LogP contribution in [0.2, 0.25) is 0 Å². The van der Waals surface area contributed by atoms with Crippen molar-refractivity contribution in [3.8, 4) is 11.5 Å². The van der Waals surface area contributed by atoms with Crippen molar-refractivity contribution in [1.82, 2.24) is 10.2 Å². The summed E-state index contributed by atoms with van der Waals surface area (Å²) in [6.07, 6.45) is 2.82. The van der Waals surface area contributed by atoms with Gasteiger partial charge in [-0.3, -0.25) is 14.5 Å². The molecule has 2 aliphatic heterocycles. The van der Waals surface area contributed by atoms with Crippen LogP contribution in [0.3, 0.4) is 0 Å². The number of carbonyl (C=O) groups excluding carboxylic acids is 2. The first-order valence-electron chi connectivity index (χ1n) is 10.4. The zero-order valence-electron chi connectivity index (χ0n) is 16.9. The average Bonchev–Trinajstić information content (AvgIpc) is 3.22. The molecule has 7 heteroatoms. The summed E-state index contributed by atoms with van der Waals surface area (Å²) in [5.41, 5.74) is 1.88. The molecule has 2 amide bonds. The van der Waals surface area contributed by atoms with Gasteiger partial charge in [0.15, 0.2) is 11.5 Å². The Kier molecular flexibility index (Phi) is 6.49. The maximum Gasteiger partial charge on any atom is 0.238 e. The van der Waals surface area contributed by atoms with Crippen LogP contribution in [0.25, 0.3) is 0 Å². The normalized spacial score (nSPS) is 16.3. The molecule has 4 rings (SSSR count). The van der Waals surface area contributed by atoms with Gasteiger partial charge in [-0.05, 0) is 49.1 Å². The highest BCUT2D eigenvalue weighted by Crippen LogP contribution is 2.32. The summed E-state index contributed by atoms with van der Waals surface area (Å²) < 4.78 is 10.7. The van der Waals surface area contributed by atoms with Gasteiger partial charge in [-0.15, -0.1) is 0 Å². The second-order valence-electron chi connectivity index (χ2n) is 7.72. The second-order valence-corrected chi connectivity index (χ2v) is 7.72. The highest BCUT2D eigenvalue weighted by atomic mass is 16.7. The molecule has 0 bridgehead atoms. The molecule has 2 heterocycles. The Morgan fingerprint density at radius 2 is 1.73 bits per heavy atom. The van der Waals surface area contributed by atoms with Gasteiger partial charge in [0.25, 0.3) is 0 Å². The molecule has 7 nitrogen and oxygen atoms in total. The van der Waals surface area contributed by atoms with Crippen LogP contribution in [0.1, 0.15) is 24.8 Å². The number of nitrogens with zero attached hydrogens (tertiary/aromatic N) is 1. The van der Waals surface area contributed by atoms with Gasteiger partial charge in [0.2, 0.25) is 18.6 Å². The molecule has 1 saturated heterocycles. The molecule has 0 aliphatic carbocycles. The number of rotatable bonds is 7. The fourth-order valence-electron chi connectivity index (χ4n) is 3.81. The largest absolute Gasteiger partial charge is 0.454 e. The van der Waals surface area contributed by atoms with Gasteiger partial charge in [0.05, 0.1) is 6.54 Å². The van der Waals surface area contributed by atoms with Crippen LogP contribution < -0.4 is 20.1 Å². The lowest BCUT2D eigenvalue weighted by Gasteiger charge is -2.31. The summed E-state index contributed by atoms with van der Waals surface area (Å²) in [5, 5.41) is 6.05. The number of fused-ring (bicyclic) bond motifs is 1. The zero-order chi connectivity index (χ0) is 20.8. The summed E-state index contributed by atoms with van der Waals surface area (Å²) in [6, 6.07) is 15.4. The van der Waals surface area contributed by atoms with E-state index in [2.05, 4.69) is 15.5 Å². The first-order valence-corrected chi connectivity index (χ1v) is 10.4. The number of anilines is 1. The van der Waals surface area contributed by atoms with E-state index in [1.54, 1.807) is 0 Å². The third-order valence-electron chi connectivity index (χ3n) is 5.46. The number of hydrogen-bond acceptors (Lipinski definition) is 5. The number of likely N-dealkylation sites (tertiary alicyclic amines) is 1. The number of ether oxygens (including phenoxy) is 2. The predicted octanol–water partition coefficient (Wildman–Crippen LogP) is 2.57. The SMILES string of the molecule is O=C(CN1CCC(NC(=O)CCc2ccc3c(c2)OCO3)CC1)Nc1ccccc1. The molecule has 0 aromatic heterocycles. The fourth-order valence-corrected chi connectivity index (χ4v) is 3.81. The summed E-state index contributed by atoms with van der Waals surface area (Å²) >= 11 is 0. The number of piperidine rings is 1. The number of hydrogen-bond donors (Lipinski definition) is 2. The van der Waals surface area contributed by atoms with E-state index >= 15 is 0 Å². The van der Waals surface area contributed by atoms with Crippen molar-refractivity contribution < 1.29 is 19.1 Å². The van der Waals surface area contributed by atoms with E-state index in [0.717, 1.165) is 48.7 Å². The van der Waals surface area contributed by atoms with Crippen LogP contribution in [0.4, 0.5) is 5.69 Å². The molecule has 158 valence electrons. The van der Waals surface area contributed by atoms with E-state index in [1.807, 2.05) is 48.5 Å². The van der Waals surface area contributed by atoms with Gasteiger partial charge < -0.3 is 20.1 Å². The van der Waals surface area contributed by atoms with Crippen LogP contribution >= 0.6 is 0 Å². The summed E-state index contributed by atoms with van der Waals surface area (Å²) in [5.74, 6) is 1.56. The highest BCUT2D eigenvalue weighted by Gasteiger charge is 2.22. The Bertz CT molecular complexity index is 879. The molecule has 0 atom stereocenters. The maximum atomic E-state index is 12.3. The van der Waals surface area contributed by atoms with Crippen LogP contribution in [0.15, 0.2) is 48.5 Å². The van der Waals surface area contributed by atoms with Gasteiger partial charge in [0.1, 0.15) is 0 Å². The minimum Gasteiger partial charge on any atom is -0.454 e. The van der Waals surface area contributed by atoms with Crippen molar-refractivity contribution in [2.24, 2.45) is 0 Å². The highest BCUT2D eigenvalue weighted by molar-refractivity contribution is 5.92. The Hall–Kier alpha value is -3.06. The second kappa shape index (κ2) is 9.63. The number of benzene rings is 2. The smallest absolute Gasteiger partial charge is 0.238 e. The summed E-state index contributed by atoms with van der Waals surface area (Å²) in [7, 11) is 0. The minimum absolute atomic E-state index is 0.00703. The van der Waals surface area contributed by atoms with Crippen LogP contribution in [-0.2, 0) is 16.0 Å². The van der Waals surface area contributed by atoms with Crippen molar-refractivity contribution >= 4 is 17.5 Å².